The largest absolute Gasteiger partial charge is 0.383 e. The van der Waals surface area contributed by atoms with Gasteiger partial charge in [-0.1, -0.05) is 11.6 Å². The Labute approximate surface area is 104 Å². The monoisotopic (exact) mass is 250 g/mol. The van der Waals surface area contributed by atoms with E-state index in [4.69, 9.17) is 26.3 Å². The number of nitrogens with zero attached hydrogens (tertiary/aromatic N) is 1. The lowest BCUT2D eigenvalue weighted by Gasteiger charge is -2.34. The molecule has 2 aliphatic heterocycles. The number of nitriles is 1. The topological polar surface area (TPSA) is 54.3 Å². The molecule has 2 aliphatic rings. The van der Waals surface area contributed by atoms with Gasteiger partial charge in [0.1, 0.15) is 6.07 Å². The minimum absolute atomic E-state index is 0.453. The second kappa shape index (κ2) is 3.88. The van der Waals surface area contributed by atoms with Crippen LogP contribution in [0, 0.1) is 11.3 Å². The van der Waals surface area contributed by atoms with Gasteiger partial charge in [0, 0.05) is 18.5 Å². The average Bonchev–Trinajstić information content (AvgIpc) is 2.78. The van der Waals surface area contributed by atoms with E-state index >= 15 is 0 Å². The van der Waals surface area contributed by atoms with Gasteiger partial charge in [-0.25, -0.2) is 0 Å². The Morgan fingerprint density at radius 1 is 1.35 bits per heavy atom. The number of fused-ring (bicyclic) bond motifs is 2. The van der Waals surface area contributed by atoms with E-state index in [1.165, 1.54) is 0 Å². The van der Waals surface area contributed by atoms with Gasteiger partial charge in [-0.3, -0.25) is 0 Å². The number of halogens is 1. The summed E-state index contributed by atoms with van der Waals surface area (Å²) in [7, 11) is 0. The zero-order chi connectivity index (χ0) is 11.9. The Balaban J connectivity index is 2.19. The molecule has 0 saturated carbocycles. The van der Waals surface area contributed by atoms with Gasteiger partial charge >= 0.3 is 0 Å². The predicted octanol–water partition coefficient (Wildman–Crippen LogP) is 2.23. The summed E-state index contributed by atoms with van der Waals surface area (Å²) in [5, 5.41) is 12.8. The van der Waals surface area contributed by atoms with Gasteiger partial charge in [-0.15, -0.1) is 0 Å². The zero-order valence-electron chi connectivity index (χ0n) is 9.12. The average molecular weight is 251 g/mol. The first-order valence-electron chi connectivity index (χ1n) is 5.52. The molecule has 17 heavy (non-hydrogen) atoms. The van der Waals surface area contributed by atoms with E-state index < -0.39 is 5.79 Å². The zero-order valence-corrected chi connectivity index (χ0v) is 9.88. The van der Waals surface area contributed by atoms with Crippen LogP contribution in [0.25, 0.3) is 0 Å². The normalized spacial score (nSPS) is 20.7. The standard InChI is InChI=1S/C12H11ClN2O2/c13-10-2-1-9-11(8(10)7-14)15-4-3-12(9)16-5-6-17-12/h1-2,15H,3-6H2. The number of hydrogen-bond acceptors (Lipinski definition) is 4. The summed E-state index contributed by atoms with van der Waals surface area (Å²) in [6.45, 7) is 1.88. The first-order chi connectivity index (χ1) is 8.27. The van der Waals surface area contributed by atoms with Crippen LogP contribution in [-0.2, 0) is 15.3 Å². The third kappa shape index (κ3) is 1.51. The second-order valence-electron chi connectivity index (χ2n) is 4.08. The van der Waals surface area contributed by atoms with Crippen LogP contribution in [0.5, 0.6) is 0 Å². The smallest absolute Gasteiger partial charge is 0.198 e. The quantitative estimate of drug-likeness (QED) is 0.767. The van der Waals surface area contributed by atoms with Gasteiger partial charge in [0.2, 0.25) is 0 Å². The minimum Gasteiger partial charge on any atom is -0.383 e. The van der Waals surface area contributed by atoms with E-state index in [9.17, 15) is 0 Å². The number of benzene rings is 1. The molecule has 1 N–H and O–H groups in total. The molecule has 2 heterocycles. The molecule has 1 spiro atoms. The number of ether oxygens (including phenoxy) is 2. The molecule has 1 saturated heterocycles. The number of hydrogen-bond donors (Lipinski definition) is 1. The third-order valence-electron chi connectivity index (χ3n) is 3.19. The van der Waals surface area contributed by atoms with E-state index in [2.05, 4.69) is 11.4 Å². The Hall–Kier alpha value is -1.28. The molecule has 0 unspecified atom stereocenters. The first kappa shape index (κ1) is 10.8. The Morgan fingerprint density at radius 2 is 2.12 bits per heavy atom. The molecule has 5 heteroatoms. The maximum absolute atomic E-state index is 9.15. The molecular weight excluding hydrogens is 240 g/mol. The fourth-order valence-electron chi connectivity index (χ4n) is 2.43. The third-order valence-corrected chi connectivity index (χ3v) is 3.50. The van der Waals surface area contributed by atoms with E-state index in [1.807, 2.05) is 6.07 Å². The van der Waals surface area contributed by atoms with Crippen LogP contribution < -0.4 is 5.32 Å². The van der Waals surface area contributed by atoms with Crippen LogP contribution in [0.2, 0.25) is 5.02 Å². The summed E-state index contributed by atoms with van der Waals surface area (Å²) in [4.78, 5) is 0. The lowest BCUT2D eigenvalue weighted by atomic mass is 9.94. The van der Waals surface area contributed by atoms with E-state index in [1.54, 1.807) is 6.07 Å². The fourth-order valence-corrected chi connectivity index (χ4v) is 2.63. The van der Waals surface area contributed by atoms with Crippen LogP contribution in [0.4, 0.5) is 5.69 Å². The highest BCUT2D eigenvalue weighted by atomic mass is 35.5. The van der Waals surface area contributed by atoms with Gasteiger partial charge in [-0.05, 0) is 12.1 Å². The molecule has 1 aromatic rings. The highest BCUT2D eigenvalue weighted by Crippen LogP contribution is 2.44. The molecule has 1 fully saturated rings. The lowest BCUT2D eigenvalue weighted by Crippen LogP contribution is -2.35. The Kier molecular flexibility index (Phi) is 2.48. The van der Waals surface area contributed by atoms with Gasteiger partial charge < -0.3 is 14.8 Å². The van der Waals surface area contributed by atoms with Crippen molar-refractivity contribution in [2.45, 2.75) is 12.2 Å². The molecule has 3 rings (SSSR count). The Bertz CT molecular complexity index is 504. The summed E-state index contributed by atoms with van der Waals surface area (Å²) in [5.41, 5.74) is 2.08. The molecule has 4 nitrogen and oxygen atoms in total. The molecule has 0 bridgehead atoms. The highest BCUT2D eigenvalue weighted by molar-refractivity contribution is 6.32. The van der Waals surface area contributed by atoms with Crippen molar-refractivity contribution in [2.24, 2.45) is 0 Å². The summed E-state index contributed by atoms with van der Waals surface area (Å²) in [5.74, 6) is -0.684. The summed E-state index contributed by atoms with van der Waals surface area (Å²) < 4.78 is 11.5. The van der Waals surface area contributed by atoms with Crippen molar-refractivity contribution in [2.75, 3.05) is 25.1 Å². The van der Waals surface area contributed by atoms with E-state index in [-0.39, 0.29) is 0 Å². The summed E-state index contributed by atoms with van der Waals surface area (Å²) in [6.07, 6.45) is 0.743. The number of nitrogens with one attached hydrogen (secondary N) is 1. The fraction of sp³-hybridized carbons (Fsp3) is 0.417. The van der Waals surface area contributed by atoms with Gasteiger partial charge in [-0.2, -0.15) is 5.26 Å². The van der Waals surface area contributed by atoms with Crippen molar-refractivity contribution in [1.82, 2.24) is 0 Å². The van der Waals surface area contributed by atoms with Crippen LogP contribution >= 0.6 is 11.6 Å². The van der Waals surface area contributed by atoms with E-state index in [0.717, 1.165) is 17.7 Å². The van der Waals surface area contributed by atoms with Crippen molar-refractivity contribution in [3.8, 4) is 6.07 Å². The number of anilines is 1. The van der Waals surface area contributed by atoms with E-state index in [0.29, 0.717) is 30.3 Å². The molecule has 0 atom stereocenters. The highest BCUT2D eigenvalue weighted by Gasteiger charge is 2.43. The summed E-state index contributed by atoms with van der Waals surface area (Å²) >= 11 is 6.01. The van der Waals surface area contributed by atoms with Gasteiger partial charge in [0.05, 0.1) is 29.5 Å². The van der Waals surface area contributed by atoms with Crippen molar-refractivity contribution in [3.63, 3.8) is 0 Å². The van der Waals surface area contributed by atoms with Crippen molar-refractivity contribution < 1.29 is 9.47 Å². The van der Waals surface area contributed by atoms with Crippen molar-refractivity contribution in [3.05, 3.63) is 28.3 Å². The first-order valence-corrected chi connectivity index (χ1v) is 5.89. The SMILES string of the molecule is N#Cc1c(Cl)ccc2c1NCCC21OCCO1. The van der Waals surface area contributed by atoms with Crippen LogP contribution in [0.3, 0.4) is 0 Å². The maximum atomic E-state index is 9.15. The van der Waals surface area contributed by atoms with Crippen LogP contribution in [0.15, 0.2) is 12.1 Å². The van der Waals surface area contributed by atoms with Crippen molar-refractivity contribution >= 4 is 17.3 Å². The van der Waals surface area contributed by atoms with Crippen LogP contribution in [0.1, 0.15) is 17.5 Å². The molecule has 0 aromatic heterocycles. The second-order valence-corrected chi connectivity index (χ2v) is 4.49. The molecule has 0 amide bonds. The Morgan fingerprint density at radius 3 is 2.82 bits per heavy atom. The molecule has 0 radical (unpaired) electrons. The number of rotatable bonds is 0. The van der Waals surface area contributed by atoms with Crippen LogP contribution in [-0.4, -0.2) is 19.8 Å². The summed E-state index contributed by atoms with van der Waals surface area (Å²) in [6, 6.07) is 5.72. The van der Waals surface area contributed by atoms with Gasteiger partial charge in [0.25, 0.3) is 0 Å². The maximum Gasteiger partial charge on any atom is 0.198 e. The molecular formula is C12H11ClN2O2. The predicted molar refractivity (Wildman–Crippen MR) is 62.9 cm³/mol. The molecule has 0 aliphatic carbocycles. The molecule has 1 aromatic carbocycles. The molecule has 88 valence electrons. The van der Waals surface area contributed by atoms with Gasteiger partial charge in [0.15, 0.2) is 5.79 Å². The lowest BCUT2D eigenvalue weighted by molar-refractivity contribution is -0.169. The minimum atomic E-state index is -0.684. The van der Waals surface area contributed by atoms with Crippen molar-refractivity contribution in [1.29, 1.82) is 5.26 Å².